The SMILES string of the molecule is CCc1cnc(NCc2cnc(C)s2)s1. The zero-order chi connectivity index (χ0) is 10.7. The molecule has 2 aromatic rings. The summed E-state index contributed by atoms with van der Waals surface area (Å²) in [4.78, 5) is 11.1. The van der Waals surface area contributed by atoms with Crippen molar-refractivity contribution in [1.29, 1.82) is 0 Å². The number of rotatable bonds is 4. The highest BCUT2D eigenvalue weighted by Gasteiger charge is 2.01. The maximum Gasteiger partial charge on any atom is 0.183 e. The van der Waals surface area contributed by atoms with Crippen molar-refractivity contribution in [1.82, 2.24) is 9.97 Å². The summed E-state index contributed by atoms with van der Waals surface area (Å²) in [7, 11) is 0. The molecule has 0 unspecified atom stereocenters. The molecule has 15 heavy (non-hydrogen) atoms. The van der Waals surface area contributed by atoms with Crippen LogP contribution in [0.15, 0.2) is 12.4 Å². The number of thiazole rings is 2. The summed E-state index contributed by atoms with van der Waals surface area (Å²) in [6.07, 6.45) is 4.91. The van der Waals surface area contributed by atoms with Crippen LogP contribution in [0.5, 0.6) is 0 Å². The number of nitrogens with zero attached hydrogens (tertiary/aromatic N) is 2. The lowest BCUT2D eigenvalue weighted by Gasteiger charge is -1.97. The van der Waals surface area contributed by atoms with E-state index in [1.165, 1.54) is 9.75 Å². The number of aryl methyl sites for hydroxylation is 2. The van der Waals surface area contributed by atoms with Crippen molar-refractivity contribution in [3.05, 3.63) is 27.2 Å². The van der Waals surface area contributed by atoms with Gasteiger partial charge >= 0.3 is 0 Å². The lowest BCUT2D eigenvalue weighted by molar-refractivity contribution is 1.14. The normalized spacial score (nSPS) is 10.5. The molecule has 0 fully saturated rings. The Morgan fingerprint density at radius 1 is 1.20 bits per heavy atom. The third kappa shape index (κ3) is 2.76. The van der Waals surface area contributed by atoms with E-state index < -0.39 is 0 Å². The van der Waals surface area contributed by atoms with Gasteiger partial charge in [0, 0.05) is 22.1 Å². The molecule has 2 rings (SSSR count). The second-order valence-electron chi connectivity index (χ2n) is 3.18. The predicted molar refractivity (Wildman–Crippen MR) is 65.7 cm³/mol. The van der Waals surface area contributed by atoms with E-state index in [1.54, 1.807) is 22.7 Å². The second kappa shape index (κ2) is 4.72. The molecular weight excluding hydrogens is 226 g/mol. The highest BCUT2D eigenvalue weighted by molar-refractivity contribution is 7.15. The van der Waals surface area contributed by atoms with E-state index >= 15 is 0 Å². The zero-order valence-electron chi connectivity index (χ0n) is 8.78. The van der Waals surface area contributed by atoms with Crippen molar-refractivity contribution >= 4 is 27.8 Å². The van der Waals surface area contributed by atoms with Gasteiger partial charge in [-0.2, -0.15) is 0 Å². The lowest BCUT2D eigenvalue weighted by atomic mass is 10.4. The van der Waals surface area contributed by atoms with Crippen LogP contribution >= 0.6 is 22.7 Å². The van der Waals surface area contributed by atoms with Gasteiger partial charge in [0.1, 0.15) is 0 Å². The molecule has 5 heteroatoms. The topological polar surface area (TPSA) is 37.8 Å². The molecular formula is C10H13N3S2. The molecule has 0 aliphatic heterocycles. The fourth-order valence-electron chi connectivity index (χ4n) is 1.20. The summed E-state index contributed by atoms with van der Waals surface area (Å²) in [5.41, 5.74) is 0. The van der Waals surface area contributed by atoms with Crippen LogP contribution in [0.2, 0.25) is 0 Å². The molecule has 0 bridgehead atoms. The van der Waals surface area contributed by atoms with E-state index in [0.717, 1.165) is 23.1 Å². The van der Waals surface area contributed by atoms with Crippen LogP contribution in [0.25, 0.3) is 0 Å². The molecule has 1 N–H and O–H groups in total. The molecule has 0 aliphatic carbocycles. The van der Waals surface area contributed by atoms with Crippen molar-refractivity contribution in [3.8, 4) is 0 Å². The van der Waals surface area contributed by atoms with E-state index in [1.807, 2.05) is 19.3 Å². The Balaban J connectivity index is 1.93. The van der Waals surface area contributed by atoms with Gasteiger partial charge in [-0.05, 0) is 13.3 Å². The van der Waals surface area contributed by atoms with Gasteiger partial charge in [0.05, 0.1) is 11.6 Å². The van der Waals surface area contributed by atoms with Crippen LogP contribution in [0.3, 0.4) is 0 Å². The average molecular weight is 239 g/mol. The molecule has 2 heterocycles. The number of anilines is 1. The molecule has 80 valence electrons. The smallest absolute Gasteiger partial charge is 0.183 e. The standard InChI is InChI=1S/C10H13N3S2/c1-3-8-4-12-10(15-8)13-6-9-5-11-7(2)14-9/h4-5H,3,6H2,1-2H3,(H,12,13). The molecule has 0 amide bonds. The molecule has 0 atom stereocenters. The predicted octanol–water partition coefficient (Wildman–Crippen LogP) is 3.08. The minimum absolute atomic E-state index is 0.822. The van der Waals surface area contributed by atoms with Crippen molar-refractivity contribution in [3.63, 3.8) is 0 Å². The Morgan fingerprint density at radius 3 is 2.60 bits per heavy atom. The number of nitrogens with one attached hydrogen (secondary N) is 1. The van der Waals surface area contributed by atoms with E-state index in [0.29, 0.717) is 0 Å². The fraction of sp³-hybridized carbons (Fsp3) is 0.400. The first-order valence-corrected chi connectivity index (χ1v) is 6.51. The van der Waals surface area contributed by atoms with Crippen molar-refractivity contribution in [2.24, 2.45) is 0 Å². The molecule has 0 radical (unpaired) electrons. The third-order valence-corrected chi connectivity index (χ3v) is 4.00. The van der Waals surface area contributed by atoms with Gasteiger partial charge in [0.15, 0.2) is 5.13 Å². The molecule has 3 nitrogen and oxygen atoms in total. The van der Waals surface area contributed by atoms with Gasteiger partial charge in [0.2, 0.25) is 0 Å². The molecule has 0 aliphatic rings. The highest BCUT2D eigenvalue weighted by atomic mass is 32.1. The van der Waals surface area contributed by atoms with Crippen molar-refractivity contribution in [2.45, 2.75) is 26.8 Å². The number of aromatic nitrogens is 2. The Labute approximate surface area is 97.2 Å². The van der Waals surface area contributed by atoms with Gasteiger partial charge < -0.3 is 5.32 Å². The Kier molecular flexibility index (Phi) is 3.33. The third-order valence-electron chi connectivity index (χ3n) is 1.99. The van der Waals surface area contributed by atoms with E-state index in [4.69, 9.17) is 0 Å². The first kappa shape index (κ1) is 10.6. The first-order valence-electron chi connectivity index (χ1n) is 4.88. The molecule has 0 saturated carbocycles. The second-order valence-corrected chi connectivity index (χ2v) is 5.62. The summed E-state index contributed by atoms with van der Waals surface area (Å²) in [5.74, 6) is 0. The van der Waals surface area contributed by atoms with Crippen LogP contribution in [0.4, 0.5) is 5.13 Å². The first-order chi connectivity index (χ1) is 7.28. The van der Waals surface area contributed by atoms with Crippen LogP contribution in [0.1, 0.15) is 21.7 Å². The monoisotopic (exact) mass is 239 g/mol. The Hall–Kier alpha value is -0.940. The zero-order valence-corrected chi connectivity index (χ0v) is 10.4. The maximum atomic E-state index is 4.30. The van der Waals surface area contributed by atoms with Crippen LogP contribution < -0.4 is 5.32 Å². The summed E-state index contributed by atoms with van der Waals surface area (Å²) in [6.45, 7) is 4.98. The lowest BCUT2D eigenvalue weighted by Crippen LogP contribution is -1.95. The summed E-state index contributed by atoms with van der Waals surface area (Å²) < 4.78 is 0. The number of hydrogen-bond acceptors (Lipinski definition) is 5. The minimum Gasteiger partial charge on any atom is -0.357 e. The van der Waals surface area contributed by atoms with Crippen LogP contribution in [-0.4, -0.2) is 9.97 Å². The van der Waals surface area contributed by atoms with Crippen LogP contribution in [-0.2, 0) is 13.0 Å². The molecule has 0 aromatic carbocycles. The van der Waals surface area contributed by atoms with Gasteiger partial charge in [-0.25, -0.2) is 9.97 Å². The minimum atomic E-state index is 0.822. The fourth-order valence-corrected chi connectivity index (χ4v) is 2.68. The quantitative estimate of drug-likeness (QED) is 0.891. The Bertz CT molecular complexity index is 433. The van der Waals surface area contributed by atoms with E-state index in [-0.39, 0.29) is 0 Å². The summed E-state index contributed by atoms with van der Waals surface area (Å²) >= 11 is 3.44. The molecule has 2 aromatic heterocycles. The van der Waals surface area contributed by atoms with Crippen molar-refractivity contribution in [2.75, 3.05) is 5.32 Å². The molecule has 0 spiro atoms. The van der Waals surface area contributed by atoms with Crippen molar-refractivity contribution < 1.29 is 0 Å². The van der Waals surface area contributed by atoms with Crippen LogP contribution in [0, 0.1) is 6.92 Å². The Morgan fingerprint density at radius 2 is 2.00 bits per heavy atom. The number of hydrogen-bond donors (Lipinski definition) is 1. The van der Waals surface area contributed by atoms with Gasteiger partial charge in [-0.1, -0.05) is 6.92 Å². The average Bonchev–Trinajstić information content (AvgIpc) is 2.83. The molecule has 0 saturated heterocycles. The largest absolute Gasteiger partial charge is 0.357 e. The van der Waals surface area contributed by atoms with E-state index in [9.17, 15) is 0 Å². The van der Waals surface area contributed by atoms with Gasteiger partial charge in [-0.15, -0.1) is 22.7 Å². The van der Waals surface area contributed by atoms with E-state index in [2.05, 4.69) is 22.2 Å². The summed E-state index contributed by atoms with van der Waals surface area (Å²) in [6, 6.07) is 0. The summed E-state index contributed by atoms with van der Waals surface area (Å²) in [5, 5.41) is 5.42. The van der Waals surface area contributed by atoms with Gasteiger partial charge in [0.25, 0.3) is 0 Å². The van der Waals surface area contributed by atoms with Gasteiger partial charge in [-0.3, -0.25) is 0 Å². The highest BCUT2D eigenvalue weighted by Crippen LogP contribution is 2.20. The maximum absolute atomic E-state index is 4.30.